The first kappa shape index (κ1) is 20.3. The van der Waals surface area contributed by atoms with E-state index in [1.807, 2.05) is 9.47 Å². The van der Waals surface area contributed by atoms with E-state index >= 15 is 4.39 Å². The Hall–Kier alpha value is -2.65. The van der Waals surface area contributed by atoms with Crippen molar-refractivity contribution in [2.45, 2.75) is 32.2 Å². The van der Waals surface area contributed by atoms with Gasteiger partial charge in [0.25, 0.3) is 0 Å². The third-order valence-corrected chi connectivity index (χ3v) is 7.63. The van der Waals surface area contributed by atoms with Crippen LogP contribution in [0.5, 0.6) is 11.5 Å². The van der Waals surface area contributed by atoms with Gasteiger partial charge in [-0.2, -0.15) is 0 Å². The maximum absolute atomic E-state index is 15.4. The summed E-state index contributed by atoms with van der Waals surface area (Å²) in [5.74, 6) is -0.575. The van der Waals surface area contributed by atoms with Crippen LogP contribution in [0.3, 0.4) is 0 Å². The van der Waals surface area contributed by atoms with Crippen LogP contribution >= 0.6 is 11.3 Å². The molecule has 1 saturated carbocycles. The second-order valence-corrected chi connectivity index (χ2v) is 9.42. The first-order valence-corrected chi connectivity index (χ1v) is 11.2. The average molecular weight is 446 g/mol. The highest BCUT2D eigenvalue weighted by Crippen LogP contribution is 2.48. The highest BCUT2D eigenvalue weighted by Gasteiger charge is 2.35. The maximum atomic E-state index is 15.4. The van der Waals surface area contributed by atoms with E-state index in [2.05, 4.69) is 0 Å². The van der Waals surface area contributed by atoms with Crippen molar-refractivity contribution in [1.82, 2.24) is 4.57 Å². The largest absolute Gasteiger partial charge is 0.505 e. The van der Waals surface area contributed by atoms with Gasteiger partial charge >= 0.3 is 0 Å². The molecular formula is C22H24FN3O4S. The van der Waals surface area contributed by atoms with Crippen molar-refractivity contribution in [3.63, 3.8) is 0 Å². The van der Waals surface area contributed by atoms with Crippen molar-refractivity contribution in [3.8, 4) is 11.5 Å². The molecule has 1 aromatic carbocycles. The minimum atomic E-state index is -0.540. The van der Waals surface area contributed by atoms with E-state index in [4.69, 9.17) is 10.5 Å². The number of hydrogen-bond acceptors (Lipinski definition) is 7. The van der Waals surface area contributed by atoms with Crippen LogP contribution in [0.4, 0.5) is 10.1 Å². The van der Waals surface area contributed by atoms with Crippen molar-refractivity contribution < 1.29 is 19.0 Å². The summed E-state index contributed by atoms with van der Waals surface area (Å²) in [4.78, 5) is 28.0. The molecule has 3 heterocycles. The smallest absolute Gasteiger partial charge is 0.202 e. The molecule has 2 aliphatic rings. The molecular weight excluding hydrogens is 421 g/mol. The zero-order valence-electron chi connectivity index (χ0n) is 17.4. The molecule has 1 aliphatic carbocycles. The van der Waals surface area contributed by atoms with Crippen LogP contribution in [0, 0.1) is 11.7 Å². The second kappa shape index (κ2) is 7.20. The molecule has 2 aromatic heterocycles. The van der Waals surface area contributed by atoms with Crippen LogP contribution in [-0.2, 0) is 0 Å². The molecule has 0 radical (unpaired) electrons. The van der Waals surface area contributed by atoms with Gasteiger partial charge in [-0.3, -0.25) is 9.59 Å². The topological polar surface area (TPSA) is 97.8 Å². The number of aromatic hydroxyl groups is 1. The highest BCUT2D eigenvalue weighted by atomic mass is 32.1. The number of benzene rings is 1. The van der Waals surface area contributed by atoms with Gasteiger partial charge < -0.3 is 25.0 Å². The molecule has 3 N–H and O–H groups in total. The van der Waals surface area contributed by atoms with Crippen LogP contribution in [0.25, 0.3) is 21.1 Å². The van der Waals surface area contributed by atoms with Crippen molar-refractivity contribution in [2.75, 3.05) is 31.6 Å². The fourth-order valence-electron chi connectivity index (χ4n) is 4.68. The summed E-state index contributed by atoms with van der Waals surface area (Å²) >= 11 is 1.11. The Bertz CT molecular complexity index is 1290. The number of fused-ring (bicyclic) bond motifs is 2. The molecule has 9 heteroatoms. The fraction of sp³-hybridized carbons (Fsp3) is 0.455. The molecule has 164 valence electrons. The standard InChI is InChI=1S/C22H24FN3O4S/c1-10(27)21-19(29)15-18(28)13-7-14(23)17(25-6-5-11(8-24)9-25)20(30-2)16(13)26(12-3-4-12)22(15)31-21/h7,11-12,29H,3-6,8-9,24H2,1-2H3/t11-/m1/s1. The second-order valence-electron chi connectivity index (χ2n) is 8.42. The summed E-state index contributed by atoms with van der Waals surface area (Å²) in [7, 11) is 1.48. The normalized spacial score (nSPS) is 19.0. The number of carbonyl (C=O) groups excluding carboxylic acids is 1. The van der Waals surface area contributed by atoms with Gasteiger partial charge in [0, 0.05) is 26.1 Å². The van der Waals surface area contributed by atoms with Crippen molar-refractivity contribution in [1.29, 1.82) is 0 Å². The van der Waals surface area contributed by atoms with Crippen LogP contribution in [0.15, 0.2) is 10.9 Å². The van der Waals surface area contributed by atoms with E-state index in [0.717, 1.165) is 30.6 Å². The van der Waals surface area contributed by atoms with Gasteiger partial charge in [0.1, 0.15) is 20.8 Å². The molecule has 0 amide bonds. The molecule has 0 bridgehead atoms. The van der Waals surface area contributed by atoms with Crippen LogP contribution < -0.4 is 20.8 Å². The maximum Gasteiger partial charge on any atom is 0.202 e. The SMILES string of the molecule is COc1c(N2CC[C@H](CN)C2)c(F)cc2c(=O)c3c(O)c(C(C)=O)sc3n(C3CC3)c12. The van der Waals surface area contributed by atoms with E-state index in [1.165, 1.54) is 20.1 Å². The Morgan fingerprint density at radius 2 is 2.13 bits per heavy atom. The Morgan fingerprint density at radius 1 is 1.39 bits per heavy atom. The zero-order valence-corrected chi connectivity index (χ0v) is 18.2. The third kappa shape index (κ3) is 2.94. The van der Waals surface area contributed by atoms with Gasteiger partial charge in [-0.05, 0) is 37.8 Å². The van der Waals surface area contributed by atoms with Gasteiger partial charge in [-0.15, -0.1) is 11.3 Å². The molecule has 0 unspecified atom stereocenters. The third-order valence-electron chi connectivity index (χ3n) is 6.35. The Labute approximate surface area is 181 Å². The van der Waals surface area contributed by atoms with Crippen molar-refractivity contribution in [2.24, 2.45) is 11.7 Å². The lowest BCUT2D eigenvalue weighted by Crippen LogP contribution is -2.24. The molecule has 1 saturated heterocycles. The van der Waals surface area contributed by atoms with Crippen LogP contribution in [0.1, 0.15) is 41.9 Å². The summed E-state index contributed by atoms with van der Waals surface area (Å²) in [5.41, 5.74) is 6.19. The number of aromatic nitrogens is 1. The van der Waals surface area contributed by atoms with Crippen molar-refractivity contribution >= 4 is 43.9 Å². The molecule has 7 nitrogen and oxygen atoms in total. The number of halogens is 1. The van der Waals surface area contributed by atoms with E-state index in [-0.39, 0.29) is 39.1 Å². The lowest BCUT2D eigenvalue weighted by atomic mass is 10.1. The number of nitrogens with two attached hydrogens (primary N) is 1. The summed E-state index contributed by atoms with van der Waals surface area (Å²) in [5, 5.41) is 10.9. The van der Waals surface area contributed by atoms with Crippen LogP contribution in [-0.4, -0.2) is 42.2 Å². The number of nitrogens with zero attached hydrogens (tertiary/aromatic N) is 2. The quantitative estimate of drug-likeness (QED) is 0.584. The van der Waals surface area contributed by atoms with Gasteiger partial charge in [-0.1, -0.05) is 0 Å². The van der Waals surface area contributed by atoms with Crippen molar-refractivity contribution in [3.05, 3.63) is 27.0 Å². The lowest BCUT2D eigenvalue weighted by Gasteiger charge is -2.24. The van der Waals surface area contributed by atoms with Gasteiger partial charge in [0.05, 0.1) is 18.0 Å². The van der Waals surface area contributed by atoms with Gasteiger partial charge in [-0.25, -0.2) is 4.39 Å². The first-order valence-electron chi connectivity index (χ1n) is 10.4. The predicted molar refractivity (Wildman–Crippen MR) is 119 cm³/mol. The zero-order chi connectivity index (χ0) is 22.0. The van der Waals surface area contributed by atoms with E-state index in [0.29, 0.717) is 41.4 Å². The first-order chi connectivity index (χ1) is 14.9. The Morgan fingerprint density at radius 3 is 2.71 bits per heavy atom. The average Bonchev–Trinajstić information content (AvgIpc) is 3.35. The van der Waals surface area contributed by atoms with E-state index in [9.17, 15) is 14.7 Å². The molecule has 1 aliphatic heterocycles. The molecule has 2 fully saturated rings. The summed E-state index contributed by atoms with van der Waals surface area (Å²) in [6, 6.07) is 1.35. The number of anilines is 1. The summed E-state index contributed by atoms with van der Waals surface area (Å²) in [6.45, 7) is 3.17. The number of hydrogen-bond donors (Lipinski definition) is 2. The number of ketones is 1. The number of methoxy groups -OCH3 is 1. The van der Waals surface area contributed by atoms with E-state index < -0.39 is 11.2 Å². The number of rotatable bonds is 5. The minimum Gasteiger partial charge on any atom is -0.505 e. The lowest BCUT2D eigenvalue weighted by molar-refractivity contribution is 0.101. The minimum absolute atomic E-state index is 0.0770. The fourth-order valence-corrected chi connectivity index (χ4v) is 5.84. The molecule has 0 spiro atoms. The number of pyridine rings is 1. The van der Waals surface area contributed by atoms with Gasteiger partial charge in [0.15, 0.2) is 23.1 Å². The number of ether oxygens (including phenoxy) is 1. The number of thiophene rings is 1. The van der Waals surface area contributed by atoms with Gasteiger partial charge in [0.2, 0.25) is 5.43 Å². The van der Waals surface area contributed by atoms with Crippen LogP contribution in [0.2, 0.25) is 0 Å². The Balaban J connectivity index is 1.90. The van der Waals surface area contributed by atoms with E-state index in [1.54, 1.807) is 0 Å². The number of carbonyl (C=O) groups is 1. The predicted octanol–water partition coefficient (Wildman–Crippen LogP) is 3.39. The summed E-state index contributed by atoms with van der Waals surface area (Å²) < 4.78 is 23.1. The molecule has 1 atom stereocenters. The Kier molecular flexibility index (Phi) is 4.71. The summed E-state index contributed by atoms with van der Waals surface area (Å²) in [6.07, 6.45) is 2.66. The molecule has 5 rings (SSSR count). The molecule has 31 heavy (non-hydrogen) atoms. The highest BCUT2D eigenvalue weighted by molar-refractivity contribution is 7.21. The number of Topliss-reactive ketones (excluding diaryl/α,β-unsaturated/α-hetero) is 1. The monoisotopic (exact) mass is 445 g/mol. The molecule has 3 aromatic rings.